The Morgan fingerprint density at radius 2 is 1.83 bits per heavy atom. The van der Waals surface area contributed by atoms with Crippen LogP contribution in [0.4, 0.5) is 0 Å². The van der Waals surface area contributed by atoms with E-state index < -0.39 is 0 Å². The second-order valence-electron chi connectivity index (χ2n) is 8.55. The van der Waals surface area contributed by atoms with E-state index in [9.17, 15) is 0 Å². The van der Waals surface area contributed by atoms with Gasteiger partial charge in [-0.3, -0.25) is 4.98 Å². The quantitative estimate of drug-likeness (QED) is 0.449. The smallest absolute Gasteiger partial charge is 0.109 e. The maximum atomic E-state index is 4.70. The first-order valence-corrected chi connectivity index (χ1v) is 10.5. The minimum atomic E-state index is 0.349. The second kappa shape index (κ2) is 6.53. The molecule has 3 atom stereocenters. The summed E-state index contributed by atoms with van der Waals surface area (Å²) in [6, 6.07) is 18.7. The first-order chi connectivity index (χ1) is 14.2. The number of piperidine rings is 1. The molecule has 4 heteroatoms. The Bertz CT molecular complexity index is 1160. The Morgan fingerprint density at radius 3 is 2.79 bits per heavy atom. The summed E-state index contributed by atoms with van der Waals surface area (Å²) in [5.41, 5.74) is 9.09. The van der Waals surface area contributed by atoms with E-state index in [1.165, 1.54) is 27.8 Å². The summed E-state index contributed by atoms with van der Waals surface area (Å²) >= 11 is 0. The van der Waals surface area contributed by atoms with Gasteiger partial charge in [-0.05, 0) is 60.1 Å². The van der Waals surface area contributed by atoms with Crippen molar-refractivity contribution < 1.29 is 0 Å². The fraction of sp³-hybridized carbons (Fsp3) is 0.280. The molecule has 0 aromatic heterocycles. The molecule has 2 aromatic rings. The number of fused-ring (bicyclic) bond motifs is 4. The van der Waals surface area contributed by atoms with Crippen molar-refractivity contribution in [2.75, 3.05) is 0 Å². The molecule has 4 aliphatic rings. The molecule has 0 bridgehead atoms. The van der Waals surface area contributed by atoms with Gasteiger partial charge in [-0.1, -0.05) is 42.5 Å². The average Bonchev–Trinajstić information content (AvgIpc) is 3.36. The lowest BCUT2D eigenvalue weighted by Gasteiger charge is -2.35. The maximum absolute atomic E-state index is 4.70. The molecule has 0 spiro atoms. The van der Waals surface area contributed by atoms with E-state index in [0.717, 1.165) is 36.5 Å². The van der Waals surface area contributed by atoms with E-state index in [1.54, 1.807) is 0 Å². The van der Waals surface area contributed by atoms with E-state index in [2.05, 4.69) is 64.7 Å². The van der Waals surface area contributed by atoms with E-state index in [0.29, 0.717) is 18.0 Å². The molecule has 0 radical (unpaired) electrons. The van der Waals surface area contributed by atoms with Gasteiger partial charge in [0.1, 0.15) is 11.5 Å². The summed E-state index contributed by atoms with van der Waals surface area (Å²) in [4.78, 5) is 12.6. The lowest BCUT2D eigenvalue weighted by atomic mass is 9.84. The van der Waals surface area contributed by atoms with Gasteiger partial charge in [-0.15, -0.1) is 0 Å². The molecule has 4 nitrogen and oxygen atoms in total. The van der Waals surface area contributed by atoms with Gasteiger partial charge in [0, 0.05) is 24.2 Å². The van der Waals surface area contributed by atoms with Gasteiger partial charge >= 0.3 is 0 Å². The topological polar surface area (TPSA) is 53.6 Å². The highest BCUT2D eigenvalue weighted by Gasteiger charge is 2.30. The van der Waals surface area contributed by atoms with Gasteiger partial charge in [-0.2, -0.15) is 0 Å². The third-order valence-corrected chi connectivity index (χ3v) is 6.57. The second-order valence-corrected chi connectivity index (χ2v) is 8.55. The number of benzene rings is 2. The Labute approximate surface area is 170 Å². The maximum Gasteiger partial charge on any atom is 0.109 e. The molecule has 3 heterocycles. The van der Waals surface area contributed by atoms with Crippen molar-refractivity contribution in [1.82, 2.24) is 20.3 Å². The van der Waals surface area contributed by atoms with Crippen LogP contribution in [0.5, 0.6) is 0 Å². The number of aromatic amines is 1. The van der Waals surface area contributed by atoms with Crippen molar-refractivity contribution in [1.29, 1.82) is 0 Å². The molecule has 29 heavy (non-hydrogen) atoms. The van der Waals surface area contributed by atoms with Crippen molar-refractivity contribution in [3.63, 3.8) is 0 Å². The van der Waals surface area contributed by atoms with Crippen LogP contribution in [0.25, 0.3) is 22.5 Å². The zero-order valence-electron chi connectivity index (χ0n) is 16.5. The van der Waals surface area contributed by atoms with Gasteiger partial charge in [-0.25, -0.2) is 4.98 Å². The molecule has 2 N–H and O–H groups in total. The molecule has 1 aliphatic carbocycles. The largest absolute Gasteiger partial charge is 0.342 e. The van der Waals surface area contributed by atoms with Crippen LogP contribution in [-0.4, -0.2) is 21.0 Å². The number of rotatable bonds is 2. The van der Waals surface area contributed by atoms with Crippen molar-refractivity contribution in [2.45, 2.75) is 44.2 Å². The third kappa shape index (κ3) is 2.87. The van der Waals surface area contributed by atoms with Crippen LogP contribution in [0, 0.1) is 0 Å². The minimum Gasteiger partial charge on any atom is -0.342 e. The highest BCUT2D eigenvalue weighted by atomic mass is 15.0. The van der Waals surface area contributed by atoms with Gasteiger partial charge < -0.3 is 10.3 Å². The fourth-order valence-corrected chi connectivity index (χ4v) is 5.19. The predicted molar refractivity (Wildman–Crippen MR) is 115 cm³/mol. The van der Waals surface area contributed by atoms with Gasteiger partial charge in [0.05, 0.1) is 11.9 Å². The number of H-pyrrole nitrogens is 1. The molecule has 3 aliphatic heterocycles. The highest BCUT2D eigenvalue weighted by molar-refractivity contribution is 5.77. The minimum absolute atomic E-state index is 0.349. The SMILES string of the molecule is CC1CC(c2ncc3nccc-3[nH]2)CC(c2ccc3c(c2)Cc2ccccc2-3)N1. The number of nitrogens with zero attached hydrogens (tertiary/aromatic N) is 2. The Balaban J connectivity index is 1.30. The van der Waals surface area contributed by atoms with Gasteiger partial charge in [0.2, 0.25) is 0 Å². The summed E-state index contributed by atoms with van der Waals surface area (Å²) in [7, 11) is 0. The Morgan fingerprint density at radius 1 is 0.931 bits per heavy atom. The number of nitrogens with one attached hydrogen (secondary N) is 2. The standard InChI is InChI=1S/C25H24N4/c1-15-10-19(25-27-14-24-22(29-25)8-9-26-24)13-23(28-15)17-6-7-21-18(12-17)11-16-4-2-3-5-20(16)21/h2-9,12,14-15,19,23,28H,10-11,13H2,1H3,(H,27,29). The zero-order valence-corrected chi connectivity index (χ0v) is 16.5. The van der Waals surface area contributed by atoms with Crippen molar-refractivity contribution >= 4 is 0 Å². The van der Waals surface area contributed by atoms with Crippen LogP contribution in [0.3, 0.4) is 0 Å². The summed E-state index contributed by atoms with van der Waals surface area (Å²) < 4.78 is 0. The fourth-order valence-electron chi connectivity index (χ4n) is 5.19. The monoisotopic (exact) mass is 380 g/mol. The number of aromatic nitrogens is 3. The summed E-state index contributed by atoms with van der Waals surface area (Å²) in [5.74, 6) is 1.50. The predicted octanol–water partition coefficient (Wildman–Crippen LogP) is 5.08. The first-order valence-electron chi connectivity index (χ1n) is 10.5. The Kier molecular flexibility index (Phi) is 3.81. The van der Waals surface area contributed by atoms with E-state index >= 15 is 0 Å². The van der Waals surface area contributed by atoms with Gasteiger partial charge in [0.15, 0.2) is 0 Å². The molecule has 0 saturated carbocycles. The molecule has 3 unspecified atom stereocenters. The van der Waals surface area contributed by atoms with Crippen LogP contribution >= 0.6 is 0 Å². The van der Waals surface area contributed by atoms with Crippen LogP contribution < -0.4 is 5.32 Å². The number of hydrogen-bond acceptors (Lipinski definition) is 3. The van der Waals surface area contributed by atoms with Crippen molar-refractivity contribution in [3.8, 4) is 22.5 Å². The summed E-state index contributed by atoms with van der Waals surface area (Å²) in [5, 5.41) is 3.82. The Hall–Kier alpha value is -2.98. The van der Waals surface area contributed by atoms with Gasteiger partial charge in [0.25, 0.3) is 0 Å². The van der Waals surface area contributed by atoms with Crippen LogP contribution in [0.2, 0.25) is 0 Å². The summed E-state index contributed by atoms with van der Waals surface area (Å²) in [6.45, 7) is 2.28. The first kappa shape index (κ1) is 16.9. The van der Waals surface area contributed by atoms with Crippen molar-refractivity contribution in [2.24, 2.45) is 0 Å². The average molecular weight is 380 g/mol. The van der Waals surface area contributed by atoms with Crippen molar-refractivity contribution in [3.05, 3.63) is 83.4 Å². The van der Waals surface area contributed by atoms with E-state index in [1.807, 2.05) is 18.5 Å². The molecule has 6 rings (SSSR count). The molecule has 1 saturated heterocycles. The van der Waals surface area contributed by atoms with Crippen LogP contribution in [-0.2, 0) is 6.42 Å². The van der Waals surface area contributed by atoms with E-state index in [4.69, 9.17) is 4.98 Å². The third-order valence-electron chi connectivity index (χ3n) is 6.57. The van der Waals surface area contributed by atoms with E-state index in [-0.39, 0.29) is 0 Å². The lowest BCUT2D eigenvalue weighted by molar-refractivity contribution is 0.299. The molecular formula is C25H24N4. The highest BCUT2D eigenvalue weighted by Crippen LogP contribution is 2.40. The molecular weight excluding hydrogens is 356 g/mol. The normalized spacial score (nSPS) is 23.1. The molecule has 2 aromatic carbocycles. The lowest BCUT2D eigenvalue weighted by Crippen LogP contribution is -2.38. The molecule has 1 fully saturated rings. The van der Waals surface area contributed by atoms with Crippen LogP contribution in [0.15, 0.2) is 60.9 Å². The van der Waals surface area contributed by atoms with Crippen LogP contribution in [0.1, 0.15) is 54.2 Å². The number of hydrogen-bond donors (Lipinski definition) is 2. The zero-order chi connectivity index (χ0) is 19.4. The summed E-state index contributed by atoms with van der Waals surface area (Å²) in [6.07, 6.45) is 6.93. The molecule has 0 amide bonds. The molecule has 144 valence electrons.